The van der Waals surface area contributed by atoms with Crippen LogP contribution >= 0.6 is 0 Å². The van der Waals surface area contributed by atoms with Crippen molar-refractivity contribution in [3.8, 4) is 0 Å². The van der Waals surface area contributed by atoms with Crippen molar-refractivity contribution < 1.29 is 4.74 Å². The highest BCUT2D eigenvalue weighted by molar-refractivity contribution is 5.89. The van der Waals surface area contributed by atoms with Gasteiger partial charge in [0.15, 0.2) is 0 Å². The Hall–Kier alpha value is -1.68. The van der Waals surface area contributed by atoms with Gasteiger partial charge in [-0.05, 0) is 25.0 Å². The van der Waals surface area contributed by atoms with E-state index in [0.29, 0.717) is 5.92 Å². The first-order chi connectivity index (χ1) is 10.7. The van der Waals surface area contributed by atoms with Gasteiger partial charge in [0.05, 0.1) is 5.52 Å². The van der Waals surface area contributed by atoms with E-state index in [0.717, 1.165) is 55.1 Å². The Morgan fingerprint density at radius 3 is 2.64 bits per heavy atom. The highest BCUT2D eigenvalue weighted by Gasteiger charge is 2.09. The number of fused-ring (bicyclic) bond motifs is 1. The molecule has 2 rings (SSSR count). The van der Waals surface area contributed by atoms with Gasteiger partial charge in [-0.15, -0.1) is 0 Å². The van der Waals surface area contributed by atoms with E-state index in [1.807, 2.05) is 18.2 Å². The summed E-state index contributed by atoms with van der Waals surface area (Å²) in [7, 11) is 0. The van der Waals surface area contributed by atoms with Gasteiger partial charge in [-0.1, -0.05) is 39.3 Å². The summed E-state index contributed by atoms with van der Waals surface area (Å²) in [5.41, 5.74) is 1.00. The lowest BCUT2D eigenvalue weighted by Crippen LogP contribution is -2.10. The Bertz CT molecular complexity index is 584. The van der Waals surface area contributed by atoms with Crippen LogP contribution in [0.1, 0.15) is 51.8 Å². The average molecular weight is 301 g/mol. The zero-order valence-corrected chi connectivity index (χ0v) is 13.9. The first-order valence-electron chi connectivity index (χ1n) is 8.30. The van der Waals surface area contributed by atoms with Gasteiger partial charge in [0.1, 0.15) is 11.6 Å². The molecule has 1 heterocycles. The van der Waals surface area contributed by atoms with E-state index in [2.05, 4.69) is 42.1 Å². The highest BCUT2D eigenvalue weighted by Crippen LogP contribution is 2.22. The number of nitrogens with zero attached hydrogens (tertiary/aromatic N) is 2. The van der Waals surface area contributed by atoms with Crippen LogP contribution in [-0.4, -0.2) is 29.7 Å². The van der Waals surface area contributed by atoms with Crippen LogP contribution in [0.15, 0.2) is 24.3 Å². The number of ether oxygens (including phenoxy) is 1. The summed E-state index contributed by atoms with van der Waals surface area (Å²) in [4.78, 5) is 9.32. The molecule has 120 valence electrons. The Labute approximate surface area is 133 Å². The van der Waals surface area contributed by atoms with Crippen LogP contribution < -0.4 is 5.32 Å². The SMILES string of the molecule is CCCCOCCCNc1nc(C(C)C)nc2ccccc12. The zero-order valence-electron chi connectivity index (χ0n) is 13.9. The molecule has 0 spiro atoms. The van der Waals surface area contributed by atoms with Gasteiger partial charge >= 0.3 is 0 Å². The summed E-state index contributed by atoms with van der Waals surface area (Å²) in [5.74, 6) is 2.14. The van der Waals surface area contributed by atoms with Gasteiger partial charge in [-0.3, -0.25) is 0 Å². The van der Waals surface area contributed by atoms with Crippen LogP contribution in [0.5, 0.6) is 0 Å². The zero-order chi connectivity index (χ0) is 15.8. The molecule has 0 amide bonds. The lowest BCUT2D eigenvalue weighted by molar-refractivity contribution is 0.131. The topological polar surface area (TPSA) is 47.0 Å². The molecule has 0 saturated carbocycles. The van der Waals surface area contributed by atoms with Crippen molar-refractivity contribution in [1.82, 2.24) is 9.97 Å². The maximum absolute atomic E-state index is 5.59. The predicted molar refractivity (Wildman–Crippen MR) is 92.5 cm³/mol. The third-order valence-electron chi connectivity index (χ3n) is 3.54. The van der Waals surface area contributed by atoms with E-state index in [-0.39, 0.29) is 0 Å². The van der Waals surface area contributed by atoms with Crippen molar-refractivity contribution in [2.45, 2.75) is 46.0 Å². The number of benzene rings is 1. The Morgan fingerprint density at radius 1 is 1.09 bits per heavy atom. The lowest BCUT2D eigenvalue weighted by Gasteiger charge is -2.12. The summed E-state index contributed by atoms with van der Waals surface area (Å²) >= 11 is 0. The fourth-order valence-corrected chi connectivity index (χ4v) is 2.22. The normalized spacial score (nSPS) is 11.3. The molecule has 0 saturated heterocycles. The molecule has 1 aromatic carbocycles. The summed E-state index contributed by atoms with van der Waals surface area (Å²) in [6, 6.07) is 8.16. The third-order valence-corrected chi connectivity index (χ3v) is 3.54. The Morgan fingerprint density at radius 2 is 1.86 bits per heavy atom. The largest absolute Gasteiger partial charge is 0.381 e. The minimum absolute atomic E-state index is 0.322. The second-order valence-corrected chi connectivity index (χ2v) is 5.85. The average Bonchev–Trinajstić information content (AvgIpc) is 2.53. The van der Waals surface area contributed by atoms with Crippen LogP contribution in [0.4, 0.5) is 5.82 Å². The standard InChI is InChI=1S/C18H27N3O/c1-4-5-12-22-13-8-11-19-18-15-9-6-7-10-16(15)20-17(21-18)14(2)3/h6-7,9-10,14H,4-5,8,11-13H2,1-3H3,(H,19,20,21). The molecule has 22 heavy (non-hydrogen) atoms. The maximum Gasteiger partial charge on any atom is 0.137 e. The van der Waals surface area contributed by atoms with Crippen molar-refractivity contribution in [2.24, 2.45) is 0 Å². The van der Waals surface area contributed by atoms with E-state index in [9.17, 15) is 0 Å². The van der Waals surface area contributed by atoms with Crippen LogP contribution in [0.2, 0.25) is 0 Å². The molecule has 0 bridgehead atoms. The van der Waals surface area contributed by atoms with Crippen LogP contribution in [0.3, 0.4) is 0 Å². The number of hydrogen-bond acceptors (Lipinski definition) is 4. The first-order valence-corrected chi connectivity index (χ1v) is 8.30. The molecule has 0 fully saturated rings. The minimum Gasteiger partial charge on any atom is -0.381 e. The molecular formula is C18H27N3O. The van der Waals surface area contributed by atoms with E-state index >= 15 is 0 Å². The molecule has 0 radical (unpaired) electrons. The summed E-state index contributed by atoms with van der Waals surface area (Å²) < 4.78 is 5.59. The molecule has 4 nitrogen and oxygen atoms in total. The van der Waals surface area contributed by atoms with Crippen LogP contribution in [0, 0.1) is 0 Å². The molecule has 4 heteroatoms. The molecular weight excluding hydrogens is 274 g/mol. The number of anilines is 1. The van der Waals surface area contributed by atoms with Crippen molar-refractivity contribution in [3.63, 3.8) is 0 Å². The minimum atomic E-state index is 0.322. The molecule has 0 unspecified atom stereocenters. The molecule has 0 aliphatic heterocycles. The van der Waals surface area contributed by atoms with Crippen molar-refractivity contribution >= 4 is 16.7 Å². The number of rotatable bonds is 9. The van der Waals surface area contributed by atoms with Gasteiger partial charge < -0.3 is 10.1 Å². The van der Waals surface area contributed by atoms with Crippen molar-refractivity contribution in [3.05, 3.63) is 30.1 Å². The van der Waals surface area contributed by atoms with Crippen LogP contribution in [-0.2, 0) is 4.74 Å². The number of aromatic nitrogens is 2. The molecule has 1 aromatic heterocycles. The van der Waals surface area contributed by atoms with Gasteiger partial charge in [0.25, 0.3) is 0 Å². The monoisotopic (exact) mass is 301 g/mol. The number of unbranched alkanes of at least 4 members (excludes halogenated alkanes) is 1. The van der Waals surface area contributed by atoms with Crippen LogP contribution in [0.25, 0.3) is 10.9 Å². The van der Waals surface area contributed by atoms with E-state index in [1.54, 1.807) is 0 Å². The number of para-hydroxylation sites is 1. The smallest absolute Gasteiger partial charge is 0.137 e. The molecule has 1 N–H and O–H groups in total. The first kappa shape index (κ1) is 16.7. The van der Waals surface area contributed by atoms with Crippen molar-refractivity contribution in [2.75, 3.05) is 25.1 Å². The van der Waals surface area contributed by atoms with Gasteiger partial charge in [0, 0.05) is 31.1 Å². The molecule has 0 aliphatic rings. The quantitative estimate of drug-likeness (QED) is 0.699. The van der Waals surface area contributed by atoms with Gasteiger partial charge in [-0.25, -0.2) is 9.97 Å². The second kappa shape index (κ2) is 8.69. The Balaban J connectivity index is 1.97. The number of hydrogen-bond donors (Lipinski definition) is 1. The third kappa shape index (κ3) is 4.67. The lowest BCUT2D eigenvalue weighted by atomic mass is 10.1. The summed E-state index contributed by atoms with van der Waals surface area (Å²) in [6.07, 6.45) is 3.31. The van der Waals surface area contributed by atoms with E-state index < -0.39 is 0 Å². The highest BCUT2D eigenvalue weighted by atomic mass is 16.5. The second-order valence-electron chi connectivity index (χ2n) is 5.85. The molecule has 0 atom stereocenters. The predicted octanol–water partition coefficient (Wildman–Crippen LogP) is 4.37. The van der Waals surface area contributed by atoms with Gasteiger partial charge in [0.2, 0.25) is 0 Å². The maximum atomic E-state index is 5.59. The summed E-state index contributed by atoms with van der Waals surface area (Å²) in [5, 5.41) is 4.52. The number of nitrogens with one attached hydrogen (secondary N) is 1. The fraction of sp³-hybridized carbons (Fsp3) is 0.556. The Kier molecular flexibility index (Phi) is 6.59. The molecule has 0 aliphatic carbocycles. The van der Waals surface area contributed by atoms with E-state index in [4.69, 9.17) is 4.74 Å². The van der Waals surface area contributed by atoms with Gasteiger partial charge in [-0.2, -0.15) is 0 Å². The molecule has 2 aromatic rings. The fourth-order valence-electron chi connectivity index (χ4n) is 2.22. The van der Waals surface area contributed by atoms with E-state index in [1.165, 1.54) is 6.42 Å². The summed E-state index contributed by atoms with van der Waals surface area (Å²) in [6.45, 7) is 8.95. The van der Waals surface area contributed by atoms with Crippen molar-refractivity contribution in [1.29, 1.82) is 0 Å².